The summed E-state index contributed by atoms with van der Waals surface area (Å²) in [5, 5.41) is 14.9. The molecule has 2 aromatic heterocycles. The van der Waals surface area contributed by atoms with Gasteiger partial charge in [0.2, 0.25) is 0 Å². The minimum atomic E-state index is 0.0801. The molecule has 6 heteroatoms. The van der Waals surface area contributed by atoms with Gasteiger partial charge in [0.05, 0.1) is 15.9 Å². The van der Waals surface area contributed by atoms with Crippen LogP contribution in [0, 0.1) is 6.92 Å². The van der Waals surface area contributed by atoms with E-state index in [2.05, 4.69) is 32.6 Å². The van der Waals surface area contributed by atoms with E-state index in [9.17, 15) is 0 Å². The van der Waals surface area contributed by atoms with Crippen LogP contribution >= 0.6 is 22.7 Å². The monoisotopic (exact) mass is 302 g/mol. The summed E-state index contributed by atoms with van der Waals surface area (Å²) in [6.07, 6.45) is 1.86. The number of nitrogens with one attached hydrogen (secondary N) is 1. The van der Waals surface area contributed by atoms with Crippen molar-refractivity contribution in [3.05, 3.63) is 52.1 Å². The van der Waals surface area contributed by atoms with Gasteiger partial charge in [0.15, 0.2) is 5.01 Å². The van der Waals surface area contributed by atoms with Crippen molar-refractivity contribution in [1.29, 1.82) is 0 Å². The van der Waals surface area contributed by atoms with Crippen molar-refractivity contribution < 1.29 is 0 Å². The van der Waals surface area contributed by atoms with Crippen molar-refractivity contribution in [3.63, 3.8) is 0 Å². The van der Waals surface area contributed by atoms with Gasteiger partial charge in [0.25, 0.3) is 0 Å². The normalized spacial score (nSPS) is 12.5. The molecule has 20 heavy (non-hydrogen) atoms. The van der Waals surface area contributed by atoms with E-state index in [0.29, 0.717) is 0 Å². The molecule has 2 heterocycles. The lowest BCUT2D eigenvalue weighted by molar-refractivity contribution is 0.678. The highest BCUT2D eigenvalue weighted by molar-refractivity contribution is 7.21. The third-order valence-corrected chi connectivity index (χ3v) is 5.01. The standard InChI is InChI=1S/C14H14N4S2/c1-9-16-8-11(19-9)13-17-18-14(20-13)12(15-2)10-6-4-3-5-7-10/h3-8,12,15H,1-2H3. The van der Waals surface area contributed by atoms with Gasteiger partial charge in [-0.1, -0.05) is 41.7 Å². The molecule has 0 aliphatic heterocycles. The van der Waals surface area contributed by atoms with Crippen LogP contribution in [-0.2, 0) is 0 Å². The van der Waals surface area contributed by atoms with Gasteiger partial charge in [-0.15, -0.1) is 21.5 Å². The van der Waals surface area contributed by atoms with Crippen LogP contribution in [0.5, 0.6) is 0 Å². The van der Waals surface area contributed by atoms with Crippen LogP contribution < -0.4 is 5.32 Å². The van der Waals surface area contributed by atoms with E-state index in [1.54, 1.807) is 22.7 Å². The van der Waals surface area contributed by atoms with Crippen molar-refractivity contribution in [2.75, 3.05) is 7.05 Å². The first-order valence-electron chi connectivity index (χ1n) is 6.26. The van der Waals surface area contributed by atoms with Crippen LogP contribution in [0.2, 0.25) is 0 Å². The van der Waals surface area contributed by atoms with E-state index in [0.717, 1.165) is 19.9 Å². The second-order valence-corrected chi connectivity index (χ2v) is 6.57. The number of benzene rings is 1. The Morgan fingerprint density at radius 3 is 2.55 bits per heavy atom. The van der Waals surface area contributed by atoms with E-state index >= 15 is 0 Å². The van der Waals surface area contributed by atoms with Crippen LogP contribution in [0.1, 0.15) is 21.6 Å². The summed E-state index contributed by atoms with van der Waals surface area (Å²) in [5.74, 6) is 0. The molecule has 0 saturated heterocycles. The Kier molecular flexibility index (Phi) is 3.86. The van der Waals surface area contributed by atoms with Crippen LogP contribution in [0.3, 0.4) is 0 Å². The summed E-state index contributed by atoms with van der Waals surface area (Å²) in [7, 11) is 1.94. The van der Waals surface area contributed by atoms with E-state index in [1.807, 2.05) is 38.4 Å². The Bertz CT molecular complexity index is 690. The summed E-state index contributed by atoms with van der Waals surface area (Å²) in [6, 6.07) is 10.4. The van der Waals surface area contributed by atoms with Crippen LogP contribution in [0.4, 0.5) is 0 Å². The molecule has 0 fully saturated rings. The Labute approximate surface area is 125 Å². The molecule has 3 aromatic rings. The summed E-state index contributed by atoms with van der Waals surface area (Å²) in [6.45, 7) is 2.00. The Morgan fingerprint density at radius 2 is 1.90 bits per heavy atom. The van der Waals surface area contributed by atoms with Gasteiger partial charge in [0.1, 0.15) is 5.01 Å². The van der Waals surface area contributed by atoms with Crippen molar-refractivity contribution in [3.8, 4) is 9.88 Å². The number of nitrogens with zero attached hydrogens (tertiary/aromatic N) is 3. The van der Waals surface area contributed by atoms with Crippen LogP contribution in [-0.4, -0.2) is 22.2 Å². The van der Waals surface area contributed by atoms with Crippen molar-refractivity contribution in [2.24, 2.45) is 0 Å². The molecule has 0 bridgehead atoms. The topological polar surface area (TPSA) is 50.7 Å². The van der Waals surface area contributed by atoms with Crippen LogP contribution in [0.25, 0.3) is 9.88 Å². The molecule has 0 aliphatic carbocycles. The van der Waals surface area contributed by atoms with Gasteiger partial charge < -0.3 is 5.32 Å². The molecule has 0 spiro atoms. The van der Waals surface area contributed by atoms with Gasteiger partial charge in [-0.2, -0.15) is 0 Å². The van der Waals surface area contributed by atoms with Crippen molar-refractivity contribution in [1.82, 2.24) is 20.5 Å². The van der Waals surface area contributed by atoms with Gasteiger partial charge in [-0.05, 0) is 19.5 Å². The highest BCUT2D eigenvalue weighted by Crippen LogP contribution is 2.32. The molecule has 1 unspecified atom stereocenters. The second kappa shape index (κ2) is 5.78. The van der Waals surface area contributed by atoms with E-state index in [4.69, 9.17) is 0 Å². The molecule has 4 nitrogen and oxygen atoms in total. The first kappa shape index (κ1) is 13.4. The number of hydrogen-bond acceptors (Lipinski definition) is 6. The largest absolute Gasteiger partial charge is 0.307 e. The summed E-state index contributed by atoms with van der Waals surface area (Å²) in [5.41, 5.74) is 1.19. The summed E-state index contributed by atoms with van der Waals surface area (Å²) >= 11 is 3.26. The lowest BCUT2D eigenvalue weighted by atomic mass is 10.1. The fourth-order valence-electron chi connectivity index (χ4n) is 1.99. The highest BCUT2D eigenvalue weighted by Gasteiger charge is 2.18. The predicted octanol–water partition coefficient (Wildman–Crippen LogP) is 3.28. The molecule has 0 aliphatic rings. The zero-order valence-corrected chi connectivity index (χ0v) is 12.8. The number of thiazole rings is 1. The third-order valence-electron chi connectivity index (χ3n) is 2.94. The minimum absolute atomic E-state index is 0.0801. The lowest BCUT2D eigenvalue weighted by Crippen LogP contribution is -2.17. The Morgan fingerprint density at radius 1 is 1.10 bits per heavy atom. The van der Waals surface area contributed by atoms with Gasteiger partial charge >= 0.3 is 0 Å². The number of aryl methyl sites for hydroxylation is 1. The zero-order valence-electron chi connectivity index (χ0n) is 11.2. The molecule has 1 aromatic carbocycles. The first-order valence-corrected chi connectivity index (χ1v) is 7.89. The first-order chi connectivity index (χ1) is 9.78. The fourth-order valence-corrected chi connectivity index (χ4v) is 3.78. The lowest BCUT2D eigenvalue weighted by Gasteiger charge is -2.12. The van der Waals surface area contributed by atoms with Gasteiger partial charge in [0, 0.05) is 6.20 Å². The summed E-state index contributed by atoms with van der Waals surface area (Å²) in [4.78, 5) is 5.35. The molecule has 1 atom stereocenters. The molecular formula is C14H14N4S2. The highest BCUT2D eigenvalue weighted by atomic mass is 32.1. The SMILES string of the molecule is CNC(c1ccccc1)c1nnc(-c2cnc(C)s2)s1. The van der Waals surface area contributed by atoms with Crippen molar-refractivity contribution >= 4 is 22.7 Å². The van der Waals surface area contributed by atoms with Crippen LogP contribution in [0.15, 0.2) is 36.5 Å². The molecule has 3 rings (SSSR count). The van der Waals surface area contributed by atoms with Gasteiger partial charge in [-0.25, -0.2) is 4.98 Å². The maximum atomic E-state index is 4.33. The number of aromatic nitrogens is 3. The van der Waals surface area contributed by atoms with Crippen molar-refractivity contribution in [2.45, 2.75) is 13.0 Å². The second-order valence-electron chi connectivity index (χ2n) is 4.32. The zero-order chi connectivity index (χ0) is 13.9. The third kappa shape index (κ3) is 2.63. The molecule has 0 amide bonds. The molecular weight excluding hydrogens is 288 g/mol. The van der Waals surface area contributed by atoms with E-state index in [1.165, 1.54) is 5.56 Å². The van der Waals surface area contributed by atoms with E-state index < -0.39 is 0 Å². The quantitative estimate of drug-likeness (QED) is 0.803. The predicted molar refractivity (Wildman–Crippen MR) is 83.1 cm³/mol. The molecule has 1 N–H and O–H groups in total. The van der Waals surface area contributed by atoms with Gasteiger partial charge in [-0.3, -0.25) is 0 Å². The molecule has 0 radical (unpaired) electrons. The maximum Gasteiger partial charge on any atom is 0.159 e. The average molecular weight is 302 g/mol. The van der Waals surface area contributed by atoms with E-state index in [-0.39, 0.29) is 6.04 Å². The number of hydrogen-bond donors (Lipinski definition) is 1. The molecule has 102 valence electrons. The average Bonchev–Trinajstić information content (AvgIpc) is 3.10. The smallest absolute Gasteiger partial charge is 0.159 e. The Balaban J connectivity index is 1.92. The molecule has 0 saturated carbocycles. The fraction of sp³-hybridized carbons (Fsp3) is 0.214. The maximum absolute atomic E-state index is 4.33. The minimum Gasteiger partial charge on any atom is -0.307 e. The number of rotatable bonds is 4. The summed E-state index contributed by atoms with van der Waals surface area (Å²) < 4.78 is 0. The Hall–Kier alpha value is -1.63.